The Morgan fingerprint density at radius 2 is 2.07 bits per heavy atom. The standard InChI is InChI=1S/C23H34N4O2S/c1-4-24-23(28)27(14-13-26-11-6-5-7-12-26)15-20-17-30-22(25-20)16-29-21-10-8-9-18(2)19(21)3/h8-10,17H,4-7,11-16H2,1-3H3,(H,24,28). The lowest BCUT2D eigenvalue weighted by Gasteiger charge is -2.29. The smallest absolute Gasteiger partial charge is 0.317 e. The summed E-state index contributed by atoms with van der Waals surface area (Å²) in [6, 6.07) is 6.07. The van der Waals surface area contributed by atoms with Crippen molar-refractivity contribution in [1.82, 2.24) is 20.1 Å². The van der Waals surface area contributed by atoms with E-state index >= 15 is 0 Å². The van der Waals surface area contributed by atoms with Gasteiger partial charge in [0, 0.05) is 25.0 Å². The van der Waals surface area contributed by atoms with Gasteiger partial charge in [-0.2, -0.15) is 0 Å². The minimum atomic E-state index is -0.0179. The zero-order valence-corrected chi connectivity index (χ0v) is 19.3. The number of hydrogen-bond acceptors (Lipinski definition) is 5. The van der Waals surface area contributed by atoms with E-state index < -0.39 is 0 Å². The zero-order valence-electron chi connectivity index (χ0n) is 18.4. The number of aryl methyl sites for hydroxylation is 1. The van der Waals surface area contributed by atoms with Gasteiger partial charge in [-0.1, -0.05) is 18.6 Å². The van der Waals surface area contributed by atoms with Gasteiger partial charge >= 0.3 is 6.03 Å². The van der Waals surface area contributed by atoms with Gasteiger partial charge in [-0.05, 0) is 63.9 Å². The van der Waals surface area contributed by atoms with Crippen LogP contribution in [0.5, 0.6) is 5.75 Å². The summed E-state index contributed by atoms with van der Waals surface area (Å²) in [5.41, 5.74) is 3.30. The number of likely N-dealkylation sites (tertiary alicyclic amines) is 1. The molecule has 3 rings (SSSR count). The maximum atomic E-state index is 12.6. The third kappa shape index (κ3) is 6.44. The number of benzene rings is 1. The van der Waals surface area contributed by atoms with Gasteiger partial charge in [-0.15, -0.1) is 11.3 Å². The molecule has 1 saturated heterocycles. The van der Waals surface area contributed by atoms with Gasteiger partial charge in [0.15, 0.2) is 0 Å². The summed E-state index contributed by atoms with van der Waals surface area (Å²) < 4.78 is 5.98. The number of carbonyl (C=O) groups is 1. The highest BCUT2D eigenvalue weighted by Crippen LogP contribution is 2.22. The Labute approximate surface area is 184 Å². The predicted octanol–water partition coefficient (Wildman–Crippen LogP) is 4.36. The Morgan fingerprint density at radius 1 is 1.27 bits per heavy atom. The van der Waals surface area contributed by atoms with Gasteiger partial charge < -0.3 is 19.9 Å². The Bertz CT molecular complexity index is 817. The van der Waals surface area contributed by atoms with E-state index in [2.05, 4.69) is 30.1 Å². The molecule has 0 aliphatic carbocycles. The van der Waals surface area contributed by atoms with Gasteiger partial charge in [-0.3, -0.25) is 0 Å². The van der Waals surface area contributed by atoms with E-state index in [9.17, 15) is 4.79 Å². The number of carbonyl (C=O) groups excluding carboxylic acids is 1. The lowest BCUT2D eigenvalue weighted by Crippen LogP contribution is -2.44. The van der Waals surface area contributed by atoms with Crippen molar-refractivity contribution in [3.8, 4) is 5.75 Å². The summed E-state index contributed by atoms with van der Waals surface area (Å²) in [6.07, 6.45) is 3.84. The Morgan fingerprint density at radius 3 is 2.83 bits per heavy atom. The number of nitrogens with one attached hydrogen (secondary N) is 1. The minimum Gasteiger partial charge on any atom is -0.486 e. The molecule has 2 amide bonds. The molecule has 1 aromatic heterocycles. The Balaban J connectivity index is 1.56. The zero-order chi connectivity index (χ0) is 21.3. The van der Waals surface area contributed by atoms with Crippen molar-refractivity contribution in [2.45, 2.75) is 53.2 Å². The highest BCUT2D eigenvalue weighted by Gasteiger charge is 2.18. The summed E-state index contributed by atoms with van der Waals surface area (Å²) in [5.74, 6) is 0.900. The van der Waals surface area contributed by atoms with Crippen LogP contribution >= 0.6 is 11.3 Å². The lowest BCUT2D eigenvalue weighted by molar-refractivity contribution is 0.169. The normalized spacial score (nSPS) is 14.5. The van der Waals surface area contributed by atoms with E-state index in [1.54, 1.807) is 11.3 Å². The average molecular weight is 431 g/mol. The van der Waals surface area contributed by atoms with Crippen LogP contribution in [0.15, 0.2) is 23.6 Å². The maximum absolute atomic E-state index is 12.6. The van der Waals surface area contributed by atoms with Crippen molar-refractivity contribution in [2.24, 2.45) is 0 Å². The van der Waals surface area contributed by atoms with Crippen LogP contribution < -0.4 is 10.1 Å². The van der Waals surface area contributed by atoms with Crippen LogP contribution in [0.2, 0.25) is 0 Å². The third-order valence-electron chi connectivity index (χ3n) is 5.61. The van der Waals surface area contributed by atoms with E-state index in [0.717, 1.165) is 48.2 Å². The van der Waals surface area contributed by atoms with E-state index in [1.807, 2.05) is 29.3 Å². The van der Waals surface area contributed by atoms with Crippen molar-refractivity contribution in [2.75, 3.05) is 32.7 Å². The minimum absolute atomic E-state index is 0.0179. The molecule has 0 spiro atoms. The quantitative estimate of drug-likeness (QED) is 0.642. The fraction of sp³-hybridized carbons (Fsp3) is 0.565. The van der Waals surface area contributed by atoms with E-state index in [0.29, 0.717) is 19.7 Å². The highest BCUT2D eigenvalue weighted by atomic mass is 32.1. The highest BCUT2D eigenvalue weighted by molar-refractivity contribution is 7.09. The summed E-state index contributed by atoms with van der Waals surface area (Å²) in [5, 5.41) is 5.90. The number of thiazole rings is 1. The van der Waals surface area contributed by atoms with Gasteiger partial charge in [-0.25, -0.2) is 9.78 Å². The van der Waals surface area contributed by atoms with Crippen LogP contribution in [-0.4, -0.2) is 53.5 Å². The SMILES string of the molecule is CCNC(=O)N(CCN1CCCCC1)Cc1csc(COc2cccc(C)c2C)n1. The summed E-state index contributed by atoms with van der Waals surface area (Å²) >= 11 is 1.59. The number of amides is 2. The molecular formula is C23H34N4O2S. The first kappa shape index (κ1) is 22.6. The average Bonchev–Trinajstić information content (AvgIpc) is 3.20. The molecule has 30 heavy (non-hydrogen) atoms. The lowest BCUT2D eigenvalue weighted by atomic mass is 10.1. The van der Waals surface area contributed by atoms with Crippen LogP contribution in [0.25, 0.3) is 0 Å². The number of hydrogen-bond donors (Lipinski definition) is 1. The molecule has 0 unspecified atom stereocenters. The number of piperidine rings is 1. The molecule has 1 N–H and O–H groups in total. The number of urea groups is 1. The molecule has 7 heteroatoms. The molecular weight excluding hydrogens is 396 g/mol. The first-order valence-corrected chi connectivity index (χ1v) is 11.8. The van der Waals surface area contributed by atoms with Crippen molar-refractivity contribution >= 4 is 17.4 Å². The van der Waals surface area contributed by atoms with Crippen molar-refractivity contribution in [3.05, 3.63) is 45.4 Å². The molecule has 0 saturated carbocycles. The summed E-state index contributed by atoms with van der Waals surface area (Å²) in [7, 11) is 0. The molecule has 6 nitrogen and oxygen atoms in total. The molecule has 0 radical (unpaired) electrons. The monoisotopic (exact) mass is 430 g/mol. The van der Waals surface area contributed by atoms with Gasteiger partial charge in [0.25, 0.3) is 0 Å². The fourth-order valence-electron chi connectivity index (χ4n) is 3.66. The second kappa shape index (κ2) is 11.3. The number of ether oxygens (including phenoxy) is 1. The topological polar surface area (TPSA) is 57.7 Å². The van der Waals surface area contributed by atoms with Crippen LogP contribution in [0.3, 0.4) is 0 Å². The van der Waals surface area contributed by atoms with Gasteiger partial charge in [0.1, 0.15) is 17.4 Å². The Hall–Kier alpha value is -2.12. The number of rotatable bonds is 9. The van der Waals surface area contributed by atoms with Crippen LogP contribution in [-0.2, 0) is 13.2 Å². The van der Waals surface area contributed by atoms with E-state index in [4.69, 9.17) is 9.72 Å². The van der Waals surface area contributed by atoms with Crippen molar-refractivity contribution < 1.29 is 9.53 Å². The maximum Gasteiger partial charge on any atom is 0.317 e. The molecule has 1 fully saturated rings. The first-order valence-electron chi connectivity index (χ1n) is 10.9. The van der Waals surface area contributed by atoms with Crippen LogP contribution in [0.1, 0.15) is 48.0 Å². The van der Waals surface area contributed by atoms with Crippen molar-refractivity contribution in [1.29, 1.82) is 0 Å². The number of nitrogens with zero attached hydrogens (tertiary/aromatic N) is 3. The second-order valence-corrected chi connectivity index (χ2v) is 8.82. The van der Waals surface area contributed by atoms with Crippen LogP contribution in [0.4, 0.5) is 4.79 Å². The predicted molar refractivity (Wildman–Crippen MR) is 122 cm³/mol. The van der Waals surface area contributed by atoms with E-state index in [-0.39, 0.29) is 6.03 Å². The van der Waals surface area contributed by atoms with Crippen molar-refractivity contribution in [3.63, 3.8) is 0 Å². The van der Waals surface area contributed by atoms with E-state index in [1.165, 1.54) is 24.8 Å². The molecule has 2 aromatic rings. The van der Waals surface area contributed by atoms with Gasteiger partial charge in [0.05, 0.1) is 12.2 Å². The molecule has 2 heterocycles. The fourth-order valence-corrected chi connectivity index (χ4v) is 4.36. The number of aromatic nitrogens is 1. The third-order valence-corrected chi connectivity index (χ3v) is 6.48. The Kier molecular flexibility index (Phi) is 8.51. The molecule has 1 aromatic carbocycles. The molecule has 1 aliphatic rings. The molecule has 0 bridgehead atoms. The van der Waals surface area contributed by atoms with Gasteiger partial charge in [0.2, 0.25) is 0 Å². The second-order valence-electron chi connectivity index (χ2n) is 7.88. The summed E-state index contributed by atoms with van der Waals surface area (Å²) in [4.78, 5) is 21.6. The van der Waals surface area contributed by atoms with Crippen LogP contribution in [0, 0.1) is 13.8 Å². The molecule has 0 atom stereocenters. The first-order chi connectivity index (χ1) is 14.6. The summed E-state index contributed by atoms with van der Waals surface area (Å²) in [6.45, 7) is 11.6. The largest absolute Gasteiger partial charge is 0.486 e. The molecule has 1 aliphatic heterocycles. The molecule has 164 valence electrons.